The maximum Gasteiger partial charge on any atom is 0.00136 e. The second kappa shape index (κ2) is 4.80. The quantitative estimate of drug-likeness (QED) is 0.798. The van der Waals surface area contributed by atoms with Crippen molar-refractivity contribution in [2.75, 3.05) is 0 Å². The average Bonchev–Trinajstić information content (AvgIpc) is 2.14. The van der Waals surface area contributed by atoms with Crippen LogP contribution in [0.2, 0.25) is 0 Å². The molecule has 1 unspecified atom stereocenters. The fourth-order valence-electron chi connectivity index (χ4n) is 2.26. The molecule has 0 aromatic heterocycles. The van der Waals surface area contributed by atoms with E-state index in [1.165, 1.54) is 24.8 Å². The van der Waals surface area contributed by atoms with Crippen molar-refractivity contribution in [1.29, 1.82) is 0 Å². The molecule has 15 heavy (non-hydrogen) atoms. The van der Waals surface area contributed by atoms with Crippen LogP contribution in [0.5, 0.6) is 0 Å². The Morgan fingerprint density at radius 2 is 2.07 bits per heavy atom. The lowest BCUT2D eigenvalue weighted by atomic mass is 9.77. The topological polar surface area (TPSA) is 26.0 Å². The van der Waals surface area contributed by atoms with Crippen LogP contribution in [-0.4, -0.2) is 6.04 Å². The fraction of sp³-hybridized carbons (Fsp3) is 0.571. The maximum atomic E-state index is 5.81. The molecule has 0 aliphatic heterocycles. The van der Waals surface area contributed by atoms with Crippen LogP contribution in [0.1, 0.15) is 49.7 Å². The smallest absolute Gasteiger partial charge is 0.00136 e. The third-order valence-corrected chi connectivity index (χ3v) is 3.47. The van der Waals surface area contributed by atoms with Crippen molar-refractivity contribution in [3.05, 3.63) is 35.4 Å². The van der Waals surface area contributed by atoms with E-state index in [1.807, 2.05) is 0 Å². The molecule has 1 aromatic rings. The summed E-state index contributed by atoms with van der Waals surface area (Å²) in [6.07, 6.45) is 6.42. The highest BCUT2D eigenvalue weighted by Crippen LogP contribution is 2.38. The molecule has 2 rings (SSSR count). The molecule has 0 saturated heterocycles. The van der Waals surface area contributed by atoms with Crippen molar-refractivity contribution in [2.24, 2.45) is 5.73 Å². The van der Waals surface area contributed by atoms with Crippen LogP contribution in [-0.2, 0) is 6.42 Å². The normalized spacial score (nSPS) is 18.5. The van der Waals surface area contributed by atoms with Gasteiger partial charge in [-0.25, -0.2) is 0 Å². The van der Waals surface area contributed by atoms with Crippen LogP contribution in [0.3, 0.4) is 0 Å². The van der Waals surface area contributed by atoms with Crippen molar-refractivity contribution in [2.45, 2.75) is 51.0 Å². The predicted octanol–water partition coefficient (Wildman–Crippen LogP) is 3.23. The first-order valence-corrected chi connectivity index (χ1v) is 6.11. The predicted molar refractivity (Wildman–Crippen MR) is 65.0 cm³/mol. The standard InChI is InChI=1S/C14H21N/c1-11(15)9-10-13-5-2-3-8-14(13)12-6-4-7-12/h2-3,5,8,11-12H,4,6-7,9-10,15H2,1H3. The van der Waals surface area contributed by atoms with Gasteiger partial charge in [-0.05, 0) is 49.7 Å². The van der Waals surface area contributed by atoms with E-state index in [9.17, 15) is 0 Å². The average molecular weight is 203 g/mol. The minimum atomic E-state index is 0.319. The number of hydrogen-bond acceptors (Lipinski definition) is 1. The SMILES string of the molecule is CC(N)CCc1ccccc1C1CCC1. The van der Waals surface area contributed by atoms with Crippen LogP contribution >= 0.6 is 0 Å². The van der Waals surface area contributed by atoms with Gasteiger partial charge in [0, 0.05) is 6.04 Å². The molecule has 82 valence electrons. The van der Waals surface area contributed by atoms with Gasteiger partial charge in [0.1, 0.15) is 0 Å². The minimum absolute atomic E-state index is 0.319. The molecule has 2 N–H and O–H groups in total. The third-order valence-electron chi connectivity index (χ3n) is 3.47. The number of nitrogens with two attached hydrogens (primary N) is 1. The Labute approximate surface area is 92.7 Å². The van der Waals surface area contributed by atoms with E-state index in [1.54, 1.807) is 5.56 Å². The number of hydrogen-bond donors (Lipinski definition) is 1. The summed E-state index contributed by atoms with van der Waals surface area (Å²) in [7, 11) is 0. The fourth-order valence-corrected chi connectivity index (χ4v) is 2.26. The van der Waals surface area contributed by atoms with Crippen molar-refractivity contribution in [3.8, 4) is 0 Å². The Bertz CT molecular complexity index is 313. The van der Waals surface area contributed by atoms with Crippen LogP contribution in [0.25, 0.3) is 0 Å². The molecule has 0 heterocycles. The molecule has 0 bridgehead atoms. The van der Waals surface area contributed by atoms with Crippen LogP contribution in [0.15, 0.2) is 24.3 Å². The summed E-state index contributed by atoms with van der Waals surface area (Å²) in [6, 6.07) is 9.22. The van der Waals surface area contributed by atoms with E-state index in [0.29, 0.717) is 6.04 Å². The van der Waals surface area contributed by atoms with Gasteiger partial charge in [0.05, 0.1) is 0 Å². The number of aryl methyl sites for hydroxylation is 1. The molecule has 1 aliphatic rings. The monoisotopic (exact) mass is 203 g/mol. The van der Waals surface area contributed by atoms with E-state index < -0.39 is 0 Å². The highest BCUT2D eigenvalue weighted by atomic mass is 14.6. The Morgan fingerprint density at radius 1 is 1.33 bits per heavy atom. The van der Waals surface area contributed by atoms with Gasteiger partial charge < -0.3 is 5.73 Å². The lowest BCUT2D eigenvalue weighted by Gasteiger charge is -2.28. The van der Waals surface area contributed by atoms with E-state index in [2.05, 4.69) is 31.2 Å². The lowest BCUT2D eigenvalue weighted by molar-refractivity contribution is 0.416. The summed E-state index contributed by atoms with van der Waals surface area (Å²) in [5.41, 5.74) is 8.93. The van der Waals surface area contributed by atoms with Crippen molar-refractivity contribution in [1.82, 2.24) is 0 Å². The molecule has 0 spiro atoms. The Kier molecular flexibility index (Phi) is 3.42. The zero-order valence-corrected chi connectivity index (χ0v) is 9.58. The van der Waals surface area contributed by atoms with Crippen LogP contribution < -0.4 is 5.73 Å². The molecule has 1 fully saturated rings. The third kappa shape index (κ3) is 2.60. The lowest BCUT2D eigenvalue weighted by Crippen LogP contribution is -2.17. The zero-order valence-electron chi connectivity index (χ0n) is 9.58. The highest BCUT2D eigenvalue weighted by molar-refractivity contribution is 5.31. The number of benzene rings is 1. The van der Waals surface area contributed by atoms with E-state index in [-0.39, 0.29) is 0 Å². The molecular weight excluding hydrogens is 182 g/mol. The first-order valence-electron chi connectivity index (χ1n) is 6.11. The highest BCUT2D eigenvalue weighted by Gasteiger charge is 2.21. The molecule has 0 radical (unpaired) electrons. The summed E-state index contributed by atoms with van der Waals surface area (Å²) in [5.74, 6) is 0.842. The summed E-state index contributed by atoms with van der Waals surface area (Å²) < 4.78 is 0. The first-order chi connectivity index (χ1) is 7.27. The first kappa shape index (κ1) is 10.7. The van der Waals surface area contributed by atoms with Gasteiger partial charge in [0.25, 0.3) is 0 Å². The minimum Gasteiger partial charge on any atom is -0.328 e. The Hall–Kier alpha value is -0.820. The molecule has 1 aromatic carbocycles. The maximum absolute atomic E-state index is 5.81. The summed E-state index contributed by atoms with van der Waals surface area (Å²) in [4.78, 5) is 0. The zero-order chi connectivity index (χ0) is 10.7. The molecule has 1 saturated carbocycles. The Morgan fingerprint density at radius 3 is 2.67 bits per heavy atom. The van der Waals surface area contributed by atoms with Gasteiger partial charge in [0.2, 0.25) is 0 Å². The molecule has 0 amide bonds. The largest absolute Gasteiger partial charge is 0.328 e. The summed E-state index contributed by atoms with van der Waals surface area (Å²) in [6.45, 7) is 2.09. The summed E-state index contributed by atoms with van der Waals surface area (Å²) >= 11 is 0. The second-order valence-electron chi connectivity index (χ2n) is 4.84. The van der Waals surface area contributed by atoms with Gasteiger partial charge in [-0.15, -0.1) is 0 Å². The van der Waals surface area contributed by atoms with Gasteiger partial charge >= 0.3 is 0 Å². The molecule has 1 aliphatic carbocycles. The Balaban J connectivity index is 2.07. The molecule has 1 nitrogen and oxygen atoms in total. The molecular formula is C14H21N. The number of rotatable bonds is 4. The van der Waals surface area contributed by atoms with Crippen LogP contribution in [0, 0.1) is 0 Å². The van der Waals surface area contributed by atoms with Crippen LogP contribution in [0.4, 0.5) is 0 Å². The second-order valence-corrected chi connectivity index (χ2v) is 4.84. The van der Waals surface area contributed by atoms with E-state index in [0.717, 1.165) is 18.8 Å². The van der Waals surface area contributed by atoms with Crippen molar-refractivity contribution in [3.63, 3.8) is 0 Å². The van der Waals surface area contributed by atoms with E-state index >= 15 is 0 Å². The van der Waals surface area contributed by atoms with Gasteiger partial charge in [0.15, 0.2) is 0 Å². The molecule has 1 heteroatoms. The van der Waals surface area contributed by atoms with Gasteiger partial charge in [-0.1, -0.05) is 30.7 Å². The molecule has 1 atom stereocenters. The van der Waals surface area contributed by atoms with Crippen molar-refractivity contribution < 1.29 is 0 Å². The van der Waals surface area contributed by atoms with Gasteiger partial charge in [-0.2, -0.15) is 0 Å². The van der Waals surface area contributed by atoms with Gasteiger partial charge in [-0.3, -0.25) is 0 Å². The van der Waals surface area contributed by atoms with E-state index in [4.69, 9.17) is 5.73 Å². The summed E-state index contributed by atoms with van der Waals surface area (Å²) in [5, 5.41) is 0. The van der Waals surface area contributed by atoms with Crippen molar-refractivity contribution >= 4 is 0 Å².